The number of thiophene rings is 1. The van der Waals surface area contributed by atoms with Crippen molar-refractivity contribution in [3.05, 3.63) is 79.4 Å². The number of nitrogens with zero attached hydrogens (tertiary/aromatic N) is 7. The van der Waals surface area contributed by atoms with Crippen LogP contribution in [0.5, 0.6) is 0 Å². The van der Waals surface area contributed by atoms with Gasteiger partial charge in [-0.1, -0.05) is 23.4 Å². The zero-order chi connectivity index (χ0) is 40.8. The molecule has 5 heterocycles. The van der Waals surface area contributed by atoms with E-state index in [1.54, 1.807) is 31.2 Å². The number of aromatic nitrogens is 4. The molecule has 2 aliphatic rings. The molecule has 7 rings (SSSR count). The molecule has 1 saturated heterocycles. The van der Waals surface area contributed by atoms with Gasteiger partial charge in [-0.05, 0) is 44.0 Å². The van der Waals surface area contributed by atoms with E-state index >= 15 is 0 Å². The number of nitriles is 1. The lowest BCUT2D eigenvalue weighted by Gasteiger charge is -2.46. The van der Waals surface area contributed by atoms with E-state index in [1.807, 2.05) is 16.7 Å². The van der Waals surface area contributed by atoms with E-state index in [2.05, 4.69) is 37.8 Å². The van der Waals surface area contributed by atoms with Gasteiger partial charge < -0.3 is 9.64 Å². The van der Waals surface area contributed by atoms with Crippen LogP contribution in [-0.4, -0.2) is 90.3 Å². The Morgan fingerprint density at radius 2 is 1.93 bits per heavy atom. The first-order chi connectivity index (χ1) is 27.1. The van der Waals surface area contributed by atoms with Crippen LogP contribution in [0.15, 0.2) is 40.6 Å². The number of pyridine rings is 2. The number of benzene rings is 1. The van der Waals surface area contributed by atoms with Gasteiger partial charge in [0.2, 0.25) is 10.0 Å². The molecular formula is C39H37ClF2N8O5S2. The number of ether oxygens (including phenoxy) is 1. The number of nitrogens with one attached hydrogen (secondary N) is 1. The summed E-state index contributed by atoms with van der Waals surface area (Å²) in [6, 6.07) is 9.01. The maximum Gasteiger partial charge on any atom is 0.267 e. The summed E-state index contributed by atoms with van der Waals surface area (Å²) < 4.78 is 60.0. The smallest absolute Gasteiger partial charge is 0.267 e. The number of carbonyl (C=O) groups excluding carboxylic acids is 1. The number of likely N-dealkylation sites (tertiary alicyclic amines) is 1. The normalized spacial score (nSPS) is 16.2. The highest BCUT2D eigenvalue weighted by Gasteiger charge is 2.48. The zero-order valence-electron chi connectivity index (χ0n) is 31.4. The van der Waals surface area contributed by atoms with Crippen molar-refractivity contribution >= 4 is 65.8 Å². The summed E-state index contributed by atoms with van der Waals surface area (Å²) in [5, 5.41) is 12.5. The predicted molar refractivity (Wildman–Crippen MR) is 214 cm³/mol. The van der Waals surface area contributed by atoms with Gasteiger partial charge in [-0.25, -0.2) is 36.9 Å². The van der Waals surface area contributed by atoms with Crippen LogP contribution in [0.3, 0.4) is 0 Å². The first kappa shape index (κ1) is 40.2. The van der Waals surface area contributed by atoms with Gasteiger partial charge in [0.05, 0.1) is 58.0 Å². The molecule has 1 aliphatic heterocycles. The zero-order valence-corrected chi connectivity index (χ0v) is 33.8. The minimum Gasteiger partial charge on any atom is -0.378 e. The van der Waals surface area contributed by atoms with Crippen molar-refractivity contribution in [2.45, 2.75) is 63.8 Å². The SMILES string of the molecule is COCc1cc(-c2cc(Cl)ccc2C#CCn2c(C)nc3cnc(N(C)C4CCN(C5CC(F)(F)C5)CC4)c(C#N)c3c2=O)c2scc(C(=O)NS(C)(=O)=O)c2n1. The van der Waals surface area contributed by atoms with Gasteiger partial charge in [0.15, 0.2) is 0 Å². The van der Waals surface area contributed by atoms with Gasteiger partial charge in [0.1, 0.15) is 23.3 Å². The van der Waals surface area contributed by atoms with Crippen LogP contribution >= 0.6 is 22.9 Å². The number of aryl methyl sites for hydroxylation is 1. The minimum atomic E-state index is -3.84. The number of amides is 1. The van der Waals surface area contributed by atoms with E-state index in [4.69, 9.17) is 16.3 Å². The predicted octanol–water partition coefficient (Wildman–Crippen LogP) is 5.49. The topological polar surface area (TPSA) is 163 Å². The molecule has 1 amide bonds. The molecule has 0 bridgehead atoms. The molecule has 0 radical (unpaired) electrons. The Kier molecular flexibility index (Phi) is 11.1. The van der Waals surface area contributed by atoms with Gasteiger partial charge in [-0.3, -0.25) is 19.1 Å². The van der Waals surface area contributed by atoms with E-state index in [-0.39, 0.29) is 65.6 Å². The lowest BCUT2D eigenvalue weighted by molar-refractivity contribution is -0.127. The van der Waals surface area contributed by atoms with Crippen LogP contribution in [0.25, 0.3) is 32.2 Å². The van der Waals surface area contributed by atoms with Crippen LogP contribution < -0.4 is 15.2 Å². The number of piperidine rings is 1. The van der Waals surface area contributed by atoms with E-state index in [0.717, 1.165) is 6.26 Å². The Morgan fingerprint density at radius 3 is 2.60 bits per heavy atom. The van der Waals surface area contributed by atoms with Gasteiger partial charge in [0, 0.05) is 79.3 Å². The van der Waals surface area contributed by atoms with E-state index in [0.29, 0.717) is 69.7 Å². The standard InChI is InChI=1S/C39H37ClF2N8O5S2/c1-22-45-32-19-44-36(48(2)26-9-12-49(13-10-26)27-16-39(41,42)17-27)30(18-43)33(32)38(52)50(22)11-5-6-23-7-8-24(40)14-28(23)29-15-25(20-55-3)46-34-31(21-56-35(29)34)37(51)47-57(4,53)54/h7-8,14-15,19,21,26-27H,9-13,16-17,20H2,1-4H3,(H,47,51). The molecular weight excluding hydrogens is 798 g/mol. The number of hydrogen-bond donors (Lipinski definition) is 1. The van der Waals surface area contributed by atoms with Crippen molar-refractivity contribution in [3.8, 4) is 29.0 Å². The highest BCUT2D eigenvalue weighted by atomic mass is 35.5. The summed E-state index contributed by atoms with van der Waals surface area (Å²) in [6.07, 6.45) is 3.56. The summed E-state index contributed by atoms with van der Waals surface area (Å²) in [5.74, 6) is 3.57. The summed E-state index contributed by atoms with van der Waals surface area (Å²) >= 11 is 7.70. The number of halogens is 3. The van der Waals surface area contributed by atoms with Crippen molar-refractivity contribution in [1.82, 2.24) is 29.1 Å². The molecule has 0 spiro atoms. The molecule has 57 heavy (non-hydrogen) atoms. The minimum absolute atomic E-state index is 0.00317. The number of sulfonamides is 1. The number of hydrogen-bond acceptors (Lipinski definition) is 12. The van der Waals surface area contributed by atoms with Gasteiger partial charge >= 0.3 is 0 Å². The molecule has 296 valence electrons. The van der Waals surface area contributed by atoms with Crippen molar-refractivity contribution in [2.24, 2.45) is 0 Å². The molecule has 0 unspecified atom stereocenters. The van der Waals surface area contributed by atoms with Gasteiger partial charge in [0.25, 0.3) is 17.4 Å². The second-order valence-corrected chi connectivity index (χ2v) is 17.4. The summed E-state index contributed by atoms with van der Waals surface area (Å²) in [4.78, 5) is 44.8. The molecule has 13 nitrogen and oxygen atoms in total. The highest BCUT2D eigenvalue weighted by molar-refractivity contribution is 7.89. The van der Waals surface area contributed by atoms with Crippen molar-refractivity contribution in [3.63, 3.8) is 0 Å². The third-order valence-corrected chi connectivity index (χ3v) is 12.2. The Labute approximate surface area is 336 Å². The summed E-state index contributed by atoms with van der Waals surface area (Å²) in [5.41, 5.74) is 2.58. The van der Waals surface area contributed by atoms with Crippen LogP contribution in [0, 0.1) is 30.1 Å². The molecule has 4 aromatic heterocycles. The van der Waals surface area contributed by atoms with Crippen molar-refractivity contribution in [2.75, 3.05) is 38.4 Å². The fourth-order valence-electron chi connectivity index (χ4n) is 7.50. The number of fused-ring (bicyclic) bond motifs is 2. The number of carbonyl (C=O) groups is 1. The number of alkyl halides is 2. The number of anilines is 1. The third kappa shape index (κ3) is 8.21. The lowest BCUT2D eigenvalue weighted by Crippen LogP contribution is -2.55. The molecule has 1 aromatic carbocycles. The summed E-state index contributed by atoms with van der Waals surface area (Å²) in [6.45, 7) is 3.02. The number of methoxy groups -OCH3 is 1. The second-order valence-electron chi connectivity index (χ2n) is 14.3. The molecule has 1 N–H and O–H groups in total. The molecule has 5 aromatic rings. The lowest BCUT2D eigenvalue weighted by atomic mass is 9.85. The fourth-order valence-corrected chi connectivity index (χ4v) is 9.13. The van der Waals surface area contributed by atoms with Crippen LogP contribution in [0.2, 0.25) is 5.02 Å². The third-order valence-electron chi connectivity index (χ3n) is 10.4. The highest BCUT2D eigenvalue weighted by Crippen LogP contribution is 2.42. The van der Waals surface area contributed by atoms with Crippen LogP contribution in [-0.2, 0) is 27.9 Å². The quantitative estimate of drug-likeness (QED) is 0.187. The number of rotatable bonds is 9. The maximum absolute atomic E-state index is 14.1. The molecule has 1 saturated carbocycles. The largest absolute Gasteiger partial charge is 0.378 e. The Hall–Kier alpha value is -5.04. The van der Waals surface area contributed by atoms with Crippen LogP contribution in [0.4, 0.5) is 14.6 Å². The Morgan fingerprint density at radius 1 is 1.19 bits per heavy atom. The molecule has 0 atom stereocenters. The van der Waals surface area contributed by atoms with Crippen LogP contribution in [0.1, 0.15) is 58.7 Å². The maximum atomic E-state index is 14.1. The summed E-state index contributed by atoms with van der Waals surface area (Å²) in [7, 11) is -0.504. The average Bonchev–Trinajstić information content (AvgIpc) is 3.58. The van der Waals surface area contributed by atoms with Gasteiger partial charge in [-0.2, -0.15) is 5.26 Å². The van der Waals surface area contributed by atoms with Crippen molar-refractivity contribution < 1.29 is 26.7 Å². The molecule has 2 fully saturated rings. The Bertz CT molecular complexity index is 2710. The van der Waals surface area contributed by atoms with E-state index in [1.165, 1.54) is 34.6 Å². The van der Waals surface area contributed by atoms with E-state index < -0.39 is 27.4 Å². The van der Waals surface area contributed by atoms with Gasteiger partial charge in [-0.15, -0.1) is 11.3 Å². The van der Waals surface area contributed by atoms with Crippen molar-refractivity contribution in [1.29, 1.82) is 5.26 Å². The average molecular weight is 835 g/mol. The first-order valence-electron chi connectivity index (χ1n) is 17.9. The Balaban J connectivity index is 1.20. The monoisotopic (exact) mass is 834 g/mol. The fraction of sp³-hybridized carbons (Fsp3) is 0.385. The molecule has 18 heteroatoms. The second kappa shape index (κ2) is 15.7. The van der Waals surface area contributed by atoms with E-state index in [9.17, 15) is 32.0 Å². The first-order valence-corrected chi connectivity index (χ1v) is 21.1. The molecule has 1 aliphatic carbocycles.